The molecule has 0 radical (unpaired) electrons. The average Bonchev–Trinajstić information content (AvgIpc) is 3.54. The third-order valence-corrected chi connectivity index (χ3v) is 8.26. The molecule has 1 N–H and O–H groups in total. The minimum atomic E-state index is -0.822. The lowest BCUT2D eigenvalue weighted by Gasteiger charge is -2.11. The number of para-hydroxylation sites is 3. The van der Waals surface area contributed by atoms with Gasteiger partial charge in [-0.1, -0.05) is 84.9 Å². The summed E-state index contributed by atoms with van der Waals surface area (Å²) in [5.74, 6) is -0.822. The number of rotatable bonds is 5. The van der Waals surface area contributed by atoms with Crippen molar-refractivity contribution >= 4 is 49.6 Å². The van der Waals surface area contributed by atoms with Gasteiger partial charge in [-0.15, -0.1) is 0 Å². The molecule has 2 heterocycles. The first-order chi connectivity index (χ1) is 20.7. The van der Waals surface area contributed by atoms with Crippen LogP contribution in [0.4, 0.5) is 0 Å². The van der Waals surface area contributed by atoms with Gasteiger partial charge in [-0.3, -0.25) is 4.79 Å². The number of aromatic nitrogens is 2. The molecule has 6 aromatic carbocycles. The number of fused-ring (bicyclic) bond motifs is 6. The van der Waals surface area contributed by atoms with E-state index in [1.807, 2.05) is 30.3 Å². The van der Waals surface area contributed by atoms with E-state index in [1.165, 1.54) is 21.8 Å². The second-order valence-electron chi connectivity index (χ2n) is 10.7. The van der Waals surface area contributed by atoms with Crippen LogP contribution in [0.1, 0.15) is 5.56 Å². The number of hydrogen-bond donors (Lipinski definition) is 1. The molecule has 0 amide bonds. The number of carboxylic acids is 1. The molecule has 8 rings (SSSR count). The second-order valence-corrected chi connectivity index (χ2v) is 10.7. The van der Waals surface area contributed by atoms with E-state index in [0.717, 1.165) is 49.9 Å². The van der Waals surface area contributed by atoms with E-state index in [0.29, 0.717) is 0 Å². The van der Waals surface area contributed by atoms with E-state index in [9.17, 15) is 9.90 Å². The number of benzene rings is 6. The van der Waals surface area contributed by atoms with Crippen LogP contribution in [0.2, 0.25) is 0 Å². The molecule has 0 saturated carbocycles. The van der Waals surface area contributed by atoms with Crippen molar-refractivity contribution in [3.05, 3.63) is 145 Å². The molecule has 0 fully saturated rings. The summed E-state index contributed by atoms with van der Waals surface area (Å²) in [6.07, 6.45) is 0.0136. The Hall–Kier alpha value is -5.61. The molecule has 4 nitrogen and oxygen atoms in total. The summed E-state index contributed by atoms with van der Waals surface area (Å²) < 4.78 is 4.59. The van der Waals surface area contributed by atoms with Gasteiger partial charge < -0.3 is 14.2 Å². The van der Waals surface area contributed by atoms with Crippen LogP contribution in [-0.2, 0) is 11.2 Å². The Kier molecular flexibility index (Phi) is 5.47. The molecule has 0 atom stereocenters. The van der Waals surface area contributed by atoms with Crippen LogP contribution in [0.3, 0.4) is 0 Å². The lowest BCUT2D eigenvalue weighted by Crippen LogP contribution is -1.99. The smallest absolute Gasteiger partial charge is 0.307 e. The van der Waals surface area contributed by atoms with Crippen molar-refractivity contribution in [1.82, 2.24) is 9.13 Å². The maximum atomic E-state index is 11.3. The molecule has 0 bridgehead atoms. The minimum absolute atomic E-state index is 0.0136. The number of hydrogen-bond acceptors (Lipinski definition) is 1. The molecule has 0 aliphatic rings. The van der Waals surface area contributed by atoms with Gasteiger partial charge in [0.05, 0.1) is 28.5 Å². The zero-order chi connectivity index (χ0) is 28.2. The third-order valence-electron chi connectivity index (χ3n) is 8.26. The van der Waals surface area contributed by atoms with E-state index in [1.54, 1.807) is 0 Å². The Bertz CT molecular complexity index is 2230. The Labute approximate surface area is 242 Å². The predicted octanol–water partition coefficient (Wildman–Crippen LogP) is 9.17. The fourth-order valence-corrected chi connectivity index (χ4v) is 6.39. The van der Waals surface area contributed by atoms with Gasteiger partial charge in [0.15, 0.2) is 0 Å². The van der Waals surface area contributed by atoms with Crippen molar-refractivity contribution in [3.63, 3.8) is 0 Å². The van der Waals surface area contributed by atoms with Crippen molar-refractivity contribution in [1.29, 1.82) is 0 Å². The van der Waals surface area contributed by atoms with Crippen molar-refractivity contribution in [3.8, 4) is 22.5 Å². The van der Waals surface area contributed by atoms with Gasteiger partial charge in [0.1, 0.15) is 0 Å². The molecule has 8 aromatic rings. The van der Waals surface area contributed by atoms with Crippen LogP contribution < -0.4 is 0 Å². The van der Waals surface area contributed by atoms with Crippen molar-refractivity contribution in [2.24, 2.45) is 0 Å². The average molecular weight is 543 g/mol. The maximum absolute atomic E-state index is 11.3. The lowest BCUT2D eigenvalue weighted by molar-refractivity contribution is -0.136. The lowest BCUT2D eigenvalue weighted by atomic mass is 10.0. The summed E-state index contributed by atoms with van der Waals surface area (Å²) in [5.41, 5.74) is 9.89. The fourth-order valence-electron chi connectivity index (χ4n) is 6.39. The molecule has 0 saturated heterocycles. The number of carbonyl (C=O) groups is 1. The highest BCUT2D eigenvalue weighted by Crippen LogP contribution is 2.35. The van der Waals surface area contributed by atoms with Gasteiger partial charge in [0.2, 0.25) is 0 Å². The Morgan fingerprint density at radius 2 is 0.881 bits per heavy atom. The molecule has 200 valence electrons. The highest BCUT2D eigenvalue weighted by atomic mass is 16.4. The quantitative estimate of drug-likeness (QED) is 0.236. The van der Waals surface area contributed by atoms with Crippen LogP contribution in [-0.4, -0.2) is 20.2 Å². The number of aliphatic carboxylic acids is 1. The summed E-state index contributed by atoms with van der Waals surface area (Å²) in [4.78, 5) is 11.3. The van der Waals surface area contributed by atoms with Crippen LogP contribution in [0.25, 0.3) is 66.1 Å². The summed E-state index contributed by atoms with van der Waals surface area (Å²) in [6.45, 7) is 0. The largest absolute Gasteiger partial charge is 0.481 e. The highest BCUT2D eigenvalue weighted by Gasteiger charge is 2.14. The summed E-state index contributed by atoms with van der Waals surface area (Å²) in [5, 5.41) is 14.0. The van der Waals surface area contributed by atoms with E-state index in [4.69, 9.17) is 0 Å². The zero-order valence-corrected chi connectivity index (χ0v) is 22.7. The molecule has 4 heteroatoms. The first kappa shape index (κ1) is 24.2. The molecule has 42 heavy (non-hydrogen) atoms. The molecule has 2 aromatic heterocycles. The molecule has 0 unspecified atom stereocenters. The topological polar surface area (TPSA) is 47.2 Å². The minimum Gasteiger partial charge on any atom is -0.481 e. The maximum Gasteiger partial charge on any atom is 0.307 e. The fraction of sp³-hybridized carbons (Fsp3) is 0.0263. The molecule has 0 aliphatic heterocycles. The zero-order valence-electron chi connectivity index (χ0n) is 22.7. The normalized spacial score (nSPS) is 11.6. The van der Waals surface area contributed by atoms with Gasteiger partial charge in [-0.05, 0) is 71.3 Å². The molecular weight excluding hydrogens is 516 g/mol. The molecule has 0 spiro atoms. The number of nitrogens with zero attached hydrogens (tertiary/aromatic N) is 2. The monoisotopic (exact) mass is 542 g/mol. The van der Waals surface area contributed by atoms with Crippen LogP contribution in [0.15, 0.2) is 140 Å². The van der Waals surface area contributed by atoms with Crippen LogP contribution in [0.5, 0.6) is 0 Å². The second kappa shape index (κ2) is 9.50. The van der Waals surface area contributed by atoms with Gasteiger partial charge in [0, 0.05) is 32.9 Å². The SMILES string of the molecule is O=C(O)Cc1ccc2c(c1)c1ccccc1n2-c1ccc(-c2ccc(-n3c4ccccc4c4ccccc43)cc2)cc1. The van der Waals surface area contributed by atoms with Gasteiger partial charge in [-0.25, -0.2) is 0 Å². The van der Waals surface area contributed by atoms with Crippen LogP contribution >= 0.6 is 0 Å². The van der Waals surface area contributed by atoms with Crippen LogP contribution in [0, 0.1) is 0 Å². The third kappa shape index (κ3) is 3.80. The number of carboxylic acid groups (broad SMARTS) is 1. The standard InChI is InChI=1S/C38H26N2O2/c41-38(42)24-25-13-22-37-33(23-25)32-9-3-6-12-36(32)40(37)29-20-16-27(17-21-29)26-14-18-28(19-15-26)39-34-10-4-1-7-30(34)31-8-2-5-11-35(31)39/h1-23H,24H2,(H,41,42). The Morgan fingerprint density at radius 1 is 0.476 bits per heavy atom. The van der Waals surface area contributed by atoms with E-state index in [-0.39, 0.29) is 6.42 Å². The van der Waals surface area contributed by atoms with Crippen molar-refractivity contribution in [2.45, 2.75) is 6.42 Å². The van der Waals surface area contributed by atoms with Gasteiger partial charge in [-0.2, -0.15) is 0 Å². The summed E-state index contributed by atoms with van der Waals surface area (Å²) in [6, 6.07) is 48.8. The van der Waals surface area contributed by atoms with Gasteiger partial charge >= 0.3 is 5.97 Å². The molecular formula is C38H26N2O2. The van der Waals surface area contributed by atoms with Gasteiger partial charge in [0.25, 0.3) is 0 Å². The first-order valence-corrected chi connectivity index (χ1v) is 14.1. The molecule has 0 aliphatic carbocycles. The highest BCUT2D eigenvalue weighted by molar-refractivity contribution is 6.10. The predicted molar refractivity (Wildman–Crippen MR) is 172 cm³/mol. The van der Waals surface area contributed by atoms with E-state index in [2.05, 4.69) is 118 Å². The first-order valence-electron chi connectivity index (χ1n) is 14.1. The summed E-state index contributed by atoms with van der Waals surface area (Å²) in [7, 11) is 0. The van der Waals surface area contributed by atoms with E-state index >= 15 is 0 Å². The van der Waals surface area contributed by atoms with Crippen molar-refractivity contribution in [2.75, 3.05) is 0 Å². The summed E-state index contributed by atoms with van der Waals surface area (Å²) >= 11 is 0. The Morgan fingerprint density at radius 3 is 1.33 bits per heavy atom. The Balaban J connectivity index is 1.17. The van der Waals surface area contributed by atoms with Crippen molar-refractivity contribution < 1.29 is 9.90 Å². The van der Waals surface area contributed by atoms with E-state index < -0.39 is 5.97 Å².